The van der Waals surface area contributed by atoms with Crippen molar-refractivity contribution >= 4 is 5.69 Å². The third-order valence-corrected chi connectivity index (χ3v) is 1.76. The van der Waals surface area contributed by atoms with Crippen LogP contribution in [0.15, 0.2) is 18.2 Å². The molecule has 0 fully saturated rings. The van der Waals surface area contributed by atoms with Gasteiger partial charge in [0.15, 0.2) is 0 Å². The fourth-order valence-electron chi connectivity index (χ4n) is 1.02. The molecule has 0 aliphatic carbocycles. The summed E-state index contributed by atoms with van der Waals surface area (Å²) in [5.41, 5.74) is 6.25. The van der Waals surface area contributed by atoms with Gasteiger partial charge in [0.05, 0.1) is 19.4 Å². The second kappa shape index (κ2) is 5.34. The van der Waals surface area contributed by atoms with E-state index in [1.165, 1.54) is 0 Å². The van der Waals surface area contributed by atoms with E-state index in [0.29, 0.717) is 24.7 Å². The topological polar surface area (TPSA) is 53.7 Å². The largest absolute Gasteiger partial charge is 0.494 e. The fraction of sp³-hybridized carbons (Fsp3) is 0.400. The Morgan fingerprint density at radius 3 is 2.64 bits per heavy atom. The average molecular weight is 197 g/mol. The Kier molecular flexibility index (Phi) is 4.07. The Balaban J connectivity index is 2.60. The monoisotopic (exact) mass is 197 g/mol. The van der Waals surface area contributed by atoms with Gasteiger partial charge in [0.25, 0.3) is 0 Å². The van der Waals surface area contributed by atoms with E-state index >= 15 is 0 Å². The fourth-order valence-corrected chi connectivity index (χ4v) is 1.02. The molecule has 14 heavy (non-hydrogen) atoms. The molecule has 2 N–H and O–H groups in total. The van der Waals surface area contributed by atoms with Crippen LogP contribution in [0.25, 0.3) is 0 Å². The van der Waals surface area contributed by atoms with Crippen LogP contribution >= 0.6 is 0 Å². The third kappa shape index (κ3) is 2.81. The number of hydrogen-bond acceptors (Lipinski definition) is 4. The van der Waals surface area contributed by atoms with E-state index < -0.39 is 0 Å². The SMILES string of the molecule is COCCOc1ccc(N)c(OC)c1. The standard InChI is InChI=1S/C10H15NO3/c1-12-5-6-14-8-3-4-9(11)10(7-8)13-2/h3-4,7H,5-6,11H2,1-2H3. The number of hydrogen-bond donors (Lipinski definition) is 1. The number of methoxy groups -OCH3 is 2. The van der Waals surface area contributed by atoms with Crippen LogP contribution in [0.4, 0.5) is 5.69 Å². The van der Waals surface area contributed by atoms with E-state index in [-0.39, 0.29) is 0 Å². The van der Waals surface area contributed by atoms with Crippen molar-refractivity contribution in [2.24, 2.45) is 0 Å². The van der Waals surface area contributed by atoms with Crippen LogP contribution in [0.2, 0.25) is 0 Å². The van der Waals surface area contributed by atoms with Crippen molar-refractivity contribution in [2.45, 2.75) is 0 Å². The van der Waals surface area contributed by atoms with Crippen LogP contribution in [-0.4, -0.2) is 27.4 Å². The molecule has 4 nitrogen and oxygen atoms in total. The van der Waals surface area contributed by atoms with Crippen LogP contribution in [0.1, 0.15) is 0 Å². The number of anilines is 1. The number of ether oxygens (including phenoxy) is 3. The Bertz CT molecular complexity index is 289. The minimum absolute atomic E-state index is 0.517. The van der Waals surface area contributed by atoms with E-state index in [4.69, 9.17) is 19.9 Å². The molecular formula is C10H15NO3. The van der Waals surface area contributed by atoms with Gasteiger partial charge >= 0.3 is 0 Å². The lowest BCUT2D eigenvalue weighted by molar-refractivity contribution is 0.146. The predicted molar refractivity (Wildman–Crippen MR) is 54.8 cm³/mol. The molecule has 4 heteroatoms. The van der Waals surface area contributed by atoms with Gasteiger partial charge in [-0.3, -0.25) is 0 Å². The molecule has 1 aromatic rings. The highest BCUT2D eigenvalue weighted by molar-refractivity contribution is 5.55. The Morgan fingerprint density at radius 1 is 1.21 bits per heavy atom. The summed E-state index contributed by atoms with van der Waals surface area (Å²) in [6.45, 7) is 1.08. The molecule has 0 bridgehead atoms. The van der Waals surface area contributed by atoms with E-state index in [2.05, 4.69) is 0 Å². The first-order valence-electron chi connectivity index (χ1n) is 4.33. The first-order valence-corrected chi connectivity index (χ1v) is 4.33. The molecule has 1 aromatic carbocycles. The molecule has 0 amide bonds. The van der Waals surface area contributed by atoms with Crippen molar-refractivity contribution in [3.8, 4) is 11.5 Å². The predicted octanol–water partition coefficient (Wildman–Crippen LogP) is 1.30. The van der Waals surface area contributed by atoms with Crippen molar-refractivity contribution < 1.29 is 14.2 Å². The van der Waals surface area contributed by atoms with Gasteiger partial charge in [0.2, 0.25) is 0 Å². The lowest BCUT2D eigenvalue weighted by Crippen LogP contribution is -2.04. The van der Waals surface area contributed by atoms with Crippen LogP contribution in [-0.2, 0) is 4.74 Å². The van der Waals surface area contributed by atoms with Crippen molar-refractivity contribution in [1.29, 1.82) is 0 Å². The molecule has 0 unspecified atom stereocenters. The summed E-state index contributed by atoms with van der Waals surface area (Å²) in [7, 11) is 3.21. The van der Waals surface area contributed by atoms with Gasteiger partial charge in [-0.05, 0) is 12.1 Å². The van der Waals surface area contributed by atoms with Crippen molar-refractivity contribution in [2.75, 3.05) is 33.2 Å². The summed E-state index contributed by atoms with van der Waals surface area (Å²) in [5.74, 6) is 1.35. The second-order valence-electron chi connectivity index (χ2n) is 2.75. The minimum Gasteiger partial charge on any atom is -0.494 e. The maximum atomic E-state index is 5.65. The molecule has 1 rings (SSSR count). The first-order chi connectivity index (χ1) is 6.77. The van der Waals surface area contributed by atoms with Crippen LogP contribution < -0.4 is 15.2 Å². The van der Waals surface area contributed by atoms with Crippen LogP contribution in [0.5, 0.6) is 11.5 Å². The van der Waals surface area contributed by atoms with Crippen LogP contribution in [0.3, 0.4) is 0 Å². The zero-order valence-corrected chi connectivity index (χ0v) is 8.45. The smallest absolute Gasteiger partial charge is 0.145 e. The minimum atomic E-state index is 0.517. The molecule has 0 heterocycles. The summed E-state index contributed by atoms with van der Waals surface area (Å²) in [6.07, 6.45) is 0. The lowest BCUT2D eigenvalue weighted by Gasteiger charge is -2.08. The van der Waals surface area contributed by atoms with Crippen molar-refractivity contribution in [1.82, 2.24) is 0 Å². The zero-order chi connectivity index (χ0) is 10.4. The Hall–Kier alpha value is -1.42. The third-order valence-electron chi connectivity index (χ3n) is 1.76. The maximum absolute atomic E-state index is 5.65. The van der Waals surface area contributed by atoms with E-state index in [0.717, 1.165) is 5.75 Å². The average Bonchev–Trinajstić information content (AvgIpc) is 2.21. The first kappa shape index (κ1) is 10.7. The van der Waals surface area contributed by atoms with Gasteiger partial charge in [-0.15, -0.1) is 0 Å². The van der Waals surface area contributed by atoms with Crippen LogP contribution in [0, 0.1) is 0 Å². The van der Waals surface area contributed by atoms with Gasteiger partial charge < -0.3 is 19.9 Å². The van der Waals surface area contributed by atoms with E-state index in [9.17, 15) is 0 Å². The van der Waals surface area contributed by atoms with Gasteiger partial charge in [0.1, 0.15) is 18.1 Å². The molecule has 0 aliphatic rings. The summed E-state index contributed by atoms with van der Waals surface area (Å²) in [6, 6.07) is 5.31. The quantitative estimate of drug-likeness (QED) is 0.571. The highest BCUT2D eigenvalue weighted by Gasteiger charge is 2.01. The van der Waals surface area contributed by atoms with Crippen molar-refractivity contribution in [3.63, 3.8) is 0 Å². The summed E-state index contributed by atoms with van der Waals surface area (Å²) in [5, 5.41) is 0. The van der Waals surface area contributed by atoms with Gasteiger partial charge in [-0.2, -0.15) is 0 Å². The van der Waals surface area contributed by atoms with Gasteiger partial charge in [-0.25, -0.2) is 0 Å². The molecular weight excluding hydrogens is 182 g/mol. The van der Waals surface area contributed by atoms with E-state index in [1.54, 1.807) is 32.4 Å². The molecule has 0 aromatic heterocycles. The number of nitrogen functional groups attached to an aromatic ring is 1. The molecule has 0 atom stereocenters. The number of benzene rings is 1. The summed E-state index contributed by atoms with van der Waals surface area (Å²) >= 11 is 0. The molecule has 0 radical (unpaired) electrons. The highest BCUT2D eigenvalue weighted by atomic mass is 16.5. The zero-order valence-electron chi connectivity index (χ0n) is 8.45. The highest BCUT2D eigenvalue weighted by Crippen LogP contribution is 2.26. The Morgan fingerprint density at radius 2 is 2.00 bits per heavy atom. The Labute approximate surface area is 83.6 Å². The van der Waals surface area contributed by atoms with Gasteiger partial charge in [-0.1, -0.05) is 0 Å². The summed E-state index contributed by atoms with van der Waals surface area (Å²) in [4.78, 5) is 0. The normalized spacial score (nSPS) is 9.86. The number of nitrogens with two attached hydrogens (primary N) is 1. The second-order valence-corrected chi connectivity index (χ2v) is 2.75. The van der Waals surface area contributed by atoms with Crippen molar-refractivity contribution in [3.05, 3.63) is 18.2 Å². The molecule has 0 spiro atoms. The van der Waals surface area contributed by atoms with Gasteiger partial charge in [0, 0.05) is 13.2 Å². The summed E-state index contributed by atoms with van der Waals surface area (Å²) < 4.78 is 15.3. The molecule has 0 aliphatic heterocycles. The molecule has 0 saturated heterocycles. The maximum Gasteiger partial charge on any atom is 0.145 e. The number of rotatable bonds is 5. The molecule has 0 saturated carbocycles. The molecule has 78 valence electrons. The lowest BCUT2D eigenvalue weighted by atomic mass is 10.3. The van der Waals surface area contributed by atoms with E-state index in [1.807, 2.05) is 0 Å².